The van der Waals surface area contributed by atoms with Gasteiger partial charge >= 0.3 is 6.09 Å². The Balaban J connectivity index is 1.77. The smallest absolute Gasteiger partial charge is 0.407 e. The Morgan fingerprint density at radius 3 is 2.77 bits per heavy atom. The van der Waals surface area contributed by atoms with Gasteiger partial charge in [-0.15, -0.1) is 0 Å². The van der Waals surface area contributed by atoms with Crippen LogP contribution in [0.4, 0.5) is 4.79 Å². The molecule has 0 radical (unpaired) electrons. The number of carbonyl (C=O) groups excluding carboxylic acids is 1. The van der Waals surface area contributed by atoms with Gasteiger partial charge in [0.15, 0.2) is 0 Å². The van der Waals surface area contributed by atoms with E-state index in [0.29, 0.717) is 6.04 Å². The van der Waals surface area contributed by atoms with Gasteiger partial charge in [0.2, 0.25) is 0 Å². The number of nitrogens with zero attached hydrogens (tertiary/aromatic N) is 2. The predicted molar refractivity (Wildman–Crippen MR) is 85.5 cm³/mol. The highest BCUT2D eigenvalue weighted by Gasteiger charge is 2.25. The summed E-state index contributed by atoms with van der Waals surface area (Å²) >= 11 is 0. The van der Waals surface area contributed by atoms with Crippen LogP contribution in [0.5, 0.6) is 0 Å². The van der Waals surface area contributed by atoms with Crippen molar-refractivity contribution < 1.29 is 9.53 Å². The molecule has 0 unspecified atom stereocenters. The van der Waals surface area contributed by atoms with Crippen molar-refractivity contribution in [1.29, 1.82) is 0 Å². The van der Waals surface area contributed by atoms with Crippen molar-refractivity contribution in [2.75, 3.05) is 0 Å². The number of hydrogen-bond donors (Lipinski definition) is 2. The molecule has 2 N–H and O–H groups in total. The monoisotopic (exact) mass is 308 g/mol. The van der Waals surface area contributed by atoms with Gasteiger partial charge in [-0.05, 0) is 46.5 Å². The highest BCUT2D eigenvalue weighted by Crippen LogP contribution is 2.19. The van der Waals surface area contributed by atoms with E-state index in [0.717, 1.165) is 32.2 Å². The van der Waals surface area contributed by atoms with E-state index in [9.17, 15) is 4.79 Å². The second-order valence-electron chi connectivity index (χ2n) is 7.08. The molecule has 124 valence electrons. The average Bonchev–Trinajstić information content (AvgIpc) is 2.80. The van der Waals surface area contributed by atoms with Gasteiger partial charge in [-0.3, -0.25) is 0 Å². The number of hydrogen-bond acceptors (Lipinski definition) is 4. The molecule has 1 amide bonds. The Labute approximate surface area is 132 Å². The van der Waals surface area contributed by atoms with Gasteiger partial charge in [0.1, 0.15) is 5.60 Å². The molecule has 2 atom stereocenters. The SMILES string of the molecule is Cn1cncc1CN[C@H]1CCC[C@@H](NC(=O)OC(C)(C)C)C1. The third kappa shape index (κ3) is 5.33. The average molecular weight is 308 g/mol. The fraction of sp³-hybridized carbons (Fsp3) is 0.750. The van der Waals surface area contributed by atoms with Crippen molar-refractivity contribution >= 4 is 6.09 Å². The summed E-state index contributed by atoms with van der Waals surface area (Å²) < 4.78 is 7.35. The zero-order valence-electron chi connectivity index (χ0n) is 14.1. The molecule has 2 rings (SSSR count). The summed E-state index contributed by atoms with van der Waals surface area (Å²) in [5.41, 5.74) is 0.720. The van der Waals surface area contributed by atoms with Crippen molar-refractivity contribution in [3.63, 3.8) is 0 Å². The first-order chi connectivity index (χ1) is 10.3. The molecule has 1 heterocycles. The lowest BCUT2D eigenvalue weighted by molar-refractivity contribution is 0.0488. The number of alkyl carbamates (subject to hydrolysis) is 1. The minimum Gasteiger partial charge on any atom is -0.444 e. The maximum Gasteiger partial charge on any atom is 0.407 e. The standard InChI is InChI=1S/C16H28N4O2/c1-16(2,3)22-15(21)19-13-7-5-6-12(8-13)18-10-14-9-17-11-20(14)4/h9,11-13,18H,5-8,10H2,1-4H3,(H,19,21)/t12-,13+/m0/s1. The Bertz CT molecular complexity index is 493. The largest absolute Gasteiger partial charge is 0.444 e. The molecule has 1 saturated carbocycles. The number of aromatic nitrogens is 2. The fourth-order valence-corrected chi connectivity index (χ4v) is 2.78. The van der Waals surface area contributed by atoms with Gasteiger partial charge in [0.05, 0.1) is 12.0 Å². The second kappa shape index (κ2) is 7.13. The molecule has 0 saturated heterocycles. The second-order valence-corrected chi connectivity index (χ2v) is 7.08. The normalized spacial score (nSPS) is 22.4. The van der Waals surface area contributed by atoms with Crippen molar-refractivity contribution in [1.82, 2.24) is 20.2 Å². The van der Waals surface area contributed by atoms with Gasteiger partial charge in [-0.25, -0.2) is 9.78 Å². The lowest BCUT2D eigenvalue weighted by atomic mass is 9.91. The van der Waals surface area contributed by atoms with Crippen molar-refractivity contribution in [2.45, 2.75) is 70.7 Å². The van der Waals surface area contributed by atoms with E-state index >= 15 is 0 Å². The molecule has 0 spiro atoms. The molecule has 0 aliphatic heterocycles. The van der Waals surface area contributed by atoms with E-state index in [1.807, 2.05) is 44.9 Å². The molecule has 0 bridgehead atoms. The van der Waals surface area contributed by atoms with Crippen LogP contribution >= 0.6 is 0 Å². The number of carbonyl (C=O) groups is 1. The molecule has 1 aliphatic carbocycles. The fourth-order valence-electron chi connectivity index (χ4n) is 2.78. The van der Waals surface area contributed by atoms with Crippen LogP contribution in [0.25, 0.3) is 0 Å². The molecule has 0 aromatic carbocycles. The minimum atomic E-state index is -0.448. The molecule has 22 heavy (non-hydrogen) atoms. The van der Waals surface area contributed by atoms with Crippen LogP contribution < -0.4 is 10.6 Å². The Morgan fingerprint density at radius 1 is 1.41 bits per heavy atom. The van der Waals surface area contributed by atoms with Gasteiger partial charge in [0, 0.05) is 31.9 Å². The van der Waals surface area contributed by atoms with E-state index < -0.39 is 5.60 Å². The van der Waals surface area contributed by atoms with Crippen molar-refractivity contribution in [2.24, 2.45) is 7.05 Å². The maximum absolute atomic E-state index is 11.9. The lowest BCUT2D eigenvalue weighted by Gasteiger charge is -2.31. The zero-order valence-corrected chi connectivity index (χ0v) is 14.1. The molecule has 1 aliphatic rings. The topological polar surface area (TPSA) is 68.2 Å². The summed E-state index contributed by atoms with van der Waals surface area (Å²) in [5.74, 6) is 0. The van der Waals surface area contributed by atoms with E-state index in [2.05, 4.69) is 15.6 Å². The predicted octanol–water partition coefficient (Wildman–Crippen LogP) is 2.35. The van der Waals surface area contributed by atoms with Gasteiger partial charge in [-0.1, -0.05) is 0 Å². The highest BCUT2D eigenvalue weighted by atomic mass is 16.6. The number of rotatable bonds is 4. The molecule has 6 nitrogen and oxygen atoms in total. The molecular formula is C16H28N4O2. The summed E-state index contributed by atoms with van der Waals surface area (Å²) in [4.78, 5) is 16.0. The maximum atomic E-state index is 11.9. The number of aryl methyl sites for hydroxylation is 1. The van der Waals surface area contributed by atoms with Crippen LogP contribution in [0.1, 0.15) is 52.1 Å². The summed E-state index contributed by atoms with van der Waals surface area (Å²) in [7, 11) is 2.00. The van der Waals surface area contributed by atoms with Crippen LogP contribution in [0.2, 0.25) is 0 Å². The molecule has 1 aromatic rings. The van der Waals surface area contributed by atoms with Gasteiger partial charge < -0.3 is 19.9 Å². The number of amides is 1. The minimum absolute atomic E-state index is 0.188. The molecule has 1 fully saturated rings. The van der Waals surface area contributed by atoms with Crippen LogP contribution in [-0.4, -0.2) is 33.3 Å². The first-order valence-electron chi connectivity index (χ1n) is 8.01. The quantitative estimate of drug-likeness (QED) is 0.896. The van der Waals surface area contributed by atoms with Crippen LogP contribution in [0, 0.1) is 0 Å². The molecule has 6 heteroatoms. The van der Waals surface area contributed by atoms with Gasteiger partial charge in [0.25, 0.3) is 0 Å². The number of imidazole rings is 1. The Kier molecular flexibility index (Phi) is 5.45. The Morgan fingerprint density at radius 2 is 2.14 bits per heavy atom. The third-order valence-corrected chi connectivity index (χ3v) is 3.88. The first-order valence-corrected chi connectivity index (χ1v) is 8.01. The van der Waals surface area contributed by atoms with Crippen molar-refractivity contribution in [3.05, 3.63) is 18.2 Å². The summed E-state index contributed by atoms with van der Waals surface area (Å²) in [6.45, 7) is 6.45. The van der Waals surface area contributed by atoms with Crippen LogP contribution in [0.3, 0.4) is 0 Å². The first kappa shape index (κ1) is 16.8. The Hall–Kier alpha value is -1.56. The summed E-state index contributed by atoms with van der Waals surface area (Å²) in [6, 6.07) is 0.608. The highest BCUT2D eigenvalue weighted by molar-refractivity contribution is 5.68. The van der Waals surface area contributed by atoms with Crippen molar-refractivity contribution in [3.8, 4) is 0 Å². The van der Waals surface area contributed by atoms with Gasteiger partial charge in [-0.2, -0.15) is 0 Å². The molecule has 1 aromatic heterocycles. The third-order valence-electron chi connectivity index (χ3n) is 3.88. The summed E-state index contributed by atoms with van der Waals surface area (Å²) in [6.07, 6.45) is 7.59. The van der Waals surface area contributed by atoms with E-state index in [1.165, 1.54) is 5.69 Å². The molecular weight excluding hydrogens is 280 g/mol. The zero-order chi connectivity index (χ0) is 16.2. The van der Waals surface area contributed by atoms with E-state index in [4.69, 9.17) is 4.74 Å². The number of nitrogens with one attached hydrogen (secondary N) is 2. The summed E-state index contributed by atoms with van der Waals surface area (Å²) in [5, 5.41) is 6.55. The van der Waals surface area contributed by atoms with E-state index in [-0.39, 0.29) is 12.1 Å². The van der Waals surface area contributed by atoms with Crippen LogP contribution in [0.15, 0.2) is 12.5 Å². The lowest BCUT2D eigenvalue weighted by Crippen LogP contribution is -2.45. The van der Waals surface area contributed by atoms with Crippen LogP contribution in [-0.2, 0) is 18.3 Å². The van der Waals surface area contributed by atoms with E-state index in [1.54, 1.807) is 0 Å². The number of ether oxygens (including phenoxy) is 1.